The summed E-state index contributed by atoms with van der Waals surface area (Å²) in [6, 6.07) is 0. The summed E-state index contributed by atoms with van der Waals surface area (Å²) in [5, 5.41) is 3.30. The molecule has 0 rings (SSSR count). The van der Waals surface area contributed by atoms with E-state index in [9.17, 15) is 0 Å². The van der Waals surface area contributed by atoms with Crippen molar-refractivity contribution in [2.75, 3.05) is 13.1 Å². The van der Waals surface area contributed by atoms with Crippen LogP contribution in [0.3, 0.4) is 0 Å². The van der Waals surface area contributed by atoms with E-state index in [1.165, 1.54) is 0 Å². The average molecular weight is 360 g/mol. The lowest BCUT2D eigenvalue weighted by Gasteiger charge is -2.18. The lowest BCUT2D eigenvalue weighted by molar-refractivity contribution is 0.113. The van der Waals surface area contributed by atoms with E-state index in [2.05, 4.69) is 32.3 Å². The number of rotatable bonds is 8. The minimum atomic E-state index is 0.304. The van der Waals surface area contributed by atoms with E-state index in [0.717, 1.165) is 31.7 Å². The Morgan fingerprint density at radius 2 is 1.32 bits per heavy atom. The predicted molar refractivity (Wildman–Crippen MR) is 124 cm³/mol. The Kier molecular flexibility index (Phi) is 89.0. The van der Waals surface area contributed by atoms with E-state index in [0.29, 0.717) is 6.10 Å². The monoisotopic (exact) mass is 359 g/mol. The van der Waals surface area contributed by atoms with Gasteiger partial charge in [-0.05, 0) is 51.9 Å². The quantitative estimate of drug-likeness (QED) is 0.204. The van der Waals surface area contributed by atoms with Crippen LogP contribution in [0.4, 0.5) is 0 Å². The van der Waals surface area contributed by atoms with Crippen molar-refractivity contribution in [3.63, 3.8) is 0 Å². The van der Waals surface area contributed by atoms with Gasteiger partial charge in [-0.3, -0.25) is 0 Å². The minimum Gasteiger partial charge on any atom is -0.491 e. The highest BCUT2D eigenvalue weighted by Crippen LogP contribution is 2.09. The maximum Gasteiger partial charge on any atom is 0.114 e. The van der Waals surface area contributed by atoms with Gasteiger partial charge in [0.2, 0.25) is 0 Å². The summed E-state index contributed by atoms with van der Waals surface area (Å²) in [5.74, 6) is 0.883. The van der Waals surface area contributed by atoms with Crippen LogP contribution in [0.1, 0.15) is 95.9 Å². The standard InChI is InChI=1S/C12H23NO.C3H6.4C2H6/c1-5-11(6-2)14-12(7-3)9-10-13-8-4;1-3-2;4*1-2/h5-6,12-13H,1,7-10H2,2-4H3;3H,1H2,2H3;4*1-2H3/b11-6+;;;;;. The summed E-state index contributed by atoms with van der Waals surface area (Å²) in [4.78, 5) is 0. The third kappa shape index (κ3) is 51.8. The van der Waals surface area contributed by atoms with Crippen LogP contribution in [0.2, 0.25) is 0 Å². The number of allylic oxidation sites excluding steroid dienone is 3. The van der Waals surface area contributed by atoms with Crippen LogP contribution in [0.15, 0.2) is 37.1 Å². The Morgan fingerprint density at radius 1 is 0.920 bits per heavy atom. The maximum absolute atomic E-state index is 5.75. The molecule has 0 spiro atoms. The molecule has 2 nitrogen and oxygen atoms in total. The van der Waals surface area contributed by atoms with E-state index in [1.54, 1.807) is 12.2 Å². The normalized spacial score (nSPS) is 9.20. The van der Waals surface area contributed by atoms with Gasteiger partial charge in [0.05, 0.1) is 6.10 Å². The summed E-state index contributed by atoms with van der Waals surface area (Å²) in [7, 11) is 0. The first kappa shape index (κ1) is 39.2. The van der Waals surface area contributed by atoms with Gasteiger partial charge in [-0.1, -0.05) is 81.9 Å². The predicted octanol–water partition coefficient (Wildman–Crippen LogP) is 8.17. The highest BCUT2D eigenvalue weighted by atomic mass is 16.5. The second-order valence-electron chi connectivity index (χ2n) is 3.59. The fraction of sp³-hybridized carbons (Fsp3) is 0.739. The fourth-order valence-corrected chi connectivity index (χ4v) is 1.21. The molecule has 0 fully saturated rings. The zero-order chi connectivity index (χ0) is 21.5. The van der Waals surface area contributed by atoms with E-state index >= 15 is 0 Å². The van der Waals surface area contributed by atoms with Crippen LogP contribution in [-0.2, 0) is 4.74 Å². The van der Waals surface area contributed by atoms with Gasteiger partial charge in [0, 0.05) is 0 Å². The largest absolute Gasteiger partial charge is 0.491 e. The highest BCUT2D eigenvalue weighted by molar-refractivity contribution is 5.07. The molecule has 0 radical (unpaired) electrons. The van der Waals surface area contributed by atoms with Crippen molar-refractivity contribution >= 4 is 0 Å². The molecule has 0 aliphatic carbocycles. The topological polar surface area (TPSA) is 21.3 Å². The summed E-state index contributed by atoms with van der Waals surface area (Å²) in [6.45, 7) is 33.2. The Labute approximate surface area is 162 Å². The van der Waals surface area contributed by atoms with Gasteiger partial charge in [-0.25, -0.2) is 0 Å². The van der Waals surface area contributed by atoms with Crippen molar-refractivity contribution in [3.05, 3.63) is 37.1 Å². The molecular weight excluding hydrogens is 306 g/mol. The highest BCUT2D eigenvalue weighted by Gasteiger charge is 2.06. The van der Waals surface area contributed by atoms with Gasteiger partial charge in [0.25, 0.3) is 0 Å². The van der Waals surface area contributed by atoms with E-state index < -0.39 is 0 Å². The first-order valence-corrected chi connectivity index (χ1v) is 10.4. The van der Waals surface area contributed by atoms with Crippen molar-refractivity contribution in [3.8, 4) is 0 Å². The molecule has 1 unspecified atom stereocenters. The lowest BCUT2D eigenvalue weighted by atomic mass is 10.2. The maximum atomic E-state index is 5.75. The van der Waals surface area contributed by atoms with Gasteiger partial charge < -0.3 is 10.1 Å². The molecule has 0 saturated carbocycles. The van der Waals surface area contributed by atoms with Crippen LogP contribution >= 0.6 is 0 Å². The molecule has 2 heteroatoms. The lowest BCUT2D eigenvalue weighted by Crippen LogP contribution is -2.21. The van der Waals surface area contributed by atoms with E-state index in [1.807, 2.05) is 75.3 Å². The van der Waals surface area contributed by atoms with Gasteiger partial charge in [0.15, 0.2) is 0 Å². The van der Waals surface area contributed by atoms with Crippen molar-refractivity contribution in [1.82, 2.24) is 5.32 Å². The first-order valence-electron chi connectivity index (χ1n) is 10.4. The number of hydrogen-bond acceptors (Lipinski definition) is 2. The molecule has 0 saturated heterocycles. The first-order chi connectivity index (χ1) is 12.2. The SMILES string of the molecule is C=C/C(=C\C)OC(CC)CCNCC.C=CC.CC.CC.CC.CC. The molecular formula is C23H53NO. The summed E-state index contributed by atoms with van der Waals surface area (Å²) >= 11 is 0. The van der Waals surface area contributed by atoms with Gasteiger partial charge >= 0.3 is 0 Å². The van der Waals surface area contributed by atoms with Gasteiger partial charge in [-0.2, -0.15) is 0 Å². The Hall–Kier alpha value is -1.02. The molecule has 25 heavy (non-hydrogen) atoms. The molecule has 0 aromatic rings. The van der Waals surface area contributed by atoms with Crippen LogP contribution in [0, 0.1) is 0 Å². The van der Waals surface area contributed by atoms with E-state index in [-0.39, 0.29) is 0 Å². The molecule has 0 heterocycles. The summed E-state index contributed by atoms with van der Waals surface area (Å²) in [5.41, 5.74) is 0. The van der Waals surface area contributed by atoms with Gasteiger partial charge in [-0.15, -0.1) is 6.58 Å². The second kappa shape index (κ2) is 56.8. The van der Waals surface area contributed by atoms with Crippen LogP contribution in [-0.4, -0.2) is 19.2 Å². The van der Waals surface area contributed by atoms with Gasteiger partial charge in [0.1, 0.15) is 5.76 Å². The fourth-order valence-electron chi connectivity index (χ4n) is 1.21. The smallest absolute Gasteiger partial charge is 0.114 e. The molecule has 0 bridgehead atoms. The molecule has 1 N–H and O–H groups in total. The van der Waals surface area contributed by atoms with Crippen LogP contribution in [0.5, 0.6) is 0 Å². The van der Waals surface area contributed by atoms with Crippen molar-refractivity contribution in [1.29, 1.82) is 0 Å². The summed E-state index contributed by atoms with van der Waals surface area (Å²) in [6.07, 6.45) is 7.85. The van der Waals surface area contributed by atoms with Crippen molar-refractivity contribution < 1.29 is 4.74 Å². The molecule has 1 atom stereocenters. The zero-order valence-electron chi connectivity index (χ0n) is 20.0. The average Bonchev–Trinajstić information content (AvgIpc) is 2.71. The third-order valence-corrected chi connectivity index (χ3v) is 2.14. The Morgan fingerprint density at radius 3 is 1.56 bits per heavy atom. The Balaban J connectivity index is -0.0000000687. The van der Waals surface area contributed by atoms with Crippen molar-refractivity contribution in [2.24, 2.45) is 0 Å². The number of hydrogen-bond donors (Lipinski definition) is 1. The molecule has 0 amide bonds. The molecule has 0 aliphatic heterocycles. The zero-order valence-corrected chi connectivity index (χ0v) is 20.0. The van der Waals surface area contributed by atoms with Crippen LogP contribution < -0.4 is 5.32 Å². The molecule has 0 aromatic carbocycles. The van der Waals surface area contributed by atoms with E-state index in [4.69, 9.17) is 4.74 Å². The van der Waals surface area contributed by atoms with Crippen molar-refractivity contribution in [2.45, 2.75) is 102 Å². The van der Waals surface area contributed by atoms with Crippen LogP contribution in [0.25, 0.3) is 0 Å². The second-order valence-corrected chi connectivity index (χ2v) is 3.59. The minimum absolute atomic E-state index is 0.304. The number of nitrogens with one attached hydrogen (secondary N) is 1. The molecule has 0 aliphatic rings. The Bertz CT molecular complexity index is 210. The third-order valence-electron chi connectivity index (χ3n) is 2.14. The number of ether oxygens (including phenoxy) is 1. The molecule has 156 valence electrons. The summed E-state index contributed by atoms with van der Waals surface area (Å²) < 4.78 is 5.75. The molecule has 0 aromatic heterocycles.